The summed E-state index contributed by atoms with van der Waals surface area (Å²) in [7, 11) is 2.11. The van der Waals surface area contributed by atoms with Gasteiger partial charge < -0.3 is 14.6 Å². The number of benzene rings is 1. The number of hydrogen-bond acceptors (Lipinski definition) is 3. The minimum absolute atomic E-state index is 0.746. The maximum absolute atomic E-state index is 5.36. The second-order valence-corrected chi connectivity index (χ2v) is 6.65. The molecule has 0 radical (unpaired) electrons. The zero-order valence-corrected chi connectivity index (χ0v) is 14.1. The third kappa shape index (κ3) is 3.69. The topological polar surface area (TPSA) is 28.4 Å². The van der Waals surface area contributed by atoms with Gasteiger partial charge >= 0.3 is 0 Å². The van der Waals surface area contributed by atoms with Gasteiger partial charge in [-0.25, -0.2) is 0 Å². The van der Waals surface area contributed by atoms with Crippen molar-refractivity contribution in [2.45, 2.75) is 38.9 Å². The number of aryl methyl sites for hydroxylation is 1. The normalized spacial score (nSPS) is 14.4. The number of rotatable bonds is 6. The molecule has 1 aromatic heterocycles. The van der Waals surface area contributed by atoms with Crippen molar-refractivity contribution in [1.82, 2.24) is 5.32 Å². The molecule has 0 aliphatic heterocycles. The molecule has 1 aromatic carbocycles. The van der Waals surface area contributed by atoms with E-state index in [1.54, 1.807) is 6.26 Å². The first-order valence-electron chi connectivity index (χ1n) is 7.39. The fourth-order valence-electron chi connectivity index (χ4n) is 2.44. The molecule has 3 rings (SSSR count). The molecule has 21 heavy (non-hydrogen) atoms. The molecule has 0 amide bonds. The van der Waals surface area contributed by atoms with Crippen LogP contribution in [0.25, 0.3) is 0 Å². The fraction of sp³-hybridized carbons (Fsp3) is 0.412. The Morgan fingerprint density at radius 1 is 1.33 bits per heavy atom. The molecule has 0 unspecified atom stereocenters. The molecular formula is C17H21BrN2O. The van der Waals surface area contributed by atoms with Crippen LogP contribution in [-0.4, -0.2) is 13.1 Å². The van der Waals surface area contributed by atoms with E-state index in [0.29, 0.717) is 0 Å². The summed E-state index contributed by atoms with van der Waals surface area (Å²) in [5.41, 5.74) is 3.75. The van der Waals surface area contributed by atoms with E-state index in [0.717, 1.165) is 29.4 Å². The average molecular weight is 349 g/mol. The maximum atomic E-state index is 5.36. The van der Waals surface area contributed by atoms with Crippen LogP contribution in [0.5, 0.6) is 0 Å². The van der Waals surface area contributed by atoms with Crippen LogP contribution in [0.1, 0.15) is 29.7 Å². The number of hydrogen-bond donors (Lipinski definition) is 1. The van der Waals surface area contributed by atoms with Crippen LogP contribution in [-0.2, 0) is 13.1 Å². The summed E-state index contributed by atoms with van der Waals surface area (Å²) >= 11 is 3.70. The van der Waals surface area contributed by atoms with Crippen molar-refractivity contribution in [2.24, 2.45) is 0 Å². The van der Waals surface area contributed by atoms with Gasteiger partial charge in [0, 0.05) is 36.2 Å². The van der Waals surface area contributed by atoms with E-state index in [1.165, 1.54) is 29.7 Å². The maximum Gasteiger partial charge on any atom is 0.105 e. The van der Waals surface area contributed by atoms with Crippen molar-refractivity contribution in [2.75, 3.05) is 11.9 Å². The van der Waals surface area contributed by atoms with Crippen LogP contribution in [0.3, 0.4) is 0 Å². The average Bonchev–Trinajstić information content (AvgIpc) is 3.20. The molecule has 0 saturated heterocycles. The predicted octanol–water partition coefficient (Wildman–Crippen LogP) is 4.24. The number of nitrogens with zero attached hydrogens (tertiary/aromatic N) is 1. The van der Waals surface area contributed by atoms with E-state index >= 15 is 0 Å². The van der Waals surface area contributed by atoms with E-state index in [9.17, 15) is 0 Å². The van der Waals surface area contributed by atoms with E-state index in [4.69, 9.17) is 4.42 Å². The van der Waals surface area contributed by atoms with Gasteiger partial charge in [0.15, 0.2) is 0 Å². The molecule has 0 atom stereocenters. The minimum Gasteiger partial charge on any atom is -0.469 e. The highest BCUT2D eigenvalue weighted by molar-refractivity contribution is 9.10. The number of nitrogens with one attached hydrogen (secondary N) is 1. The molecule has 1 N–H and O–H groups in total. The monoisotopic (exact) mass is 348 g/mol. The van der Waals surface area contributed by atoms with Crippen LogP contribution in [0.4, 0.5) is 5.69 Å². The molecular weight excluding hydrogens is 328 g/mol. The lowest BCUT2D eigenvalue weighted by Crippen LogP contribution is -2.18. The van der Waals surface area contributed by atoms with Gasteiger partial charge in [0.25, 0.3) is 0 Å². The number of furan rings is 1. The van der Waals surface area contributed by atoms with E-state index < -0.39 is 0 Å². The summed E-state index contributed by atoms with van der Waals surface area (Å²) in [5.74, 6) is 0.989. The Hall–Kier alpha value is -1.26. The molecule has 1 fully saturated rings. The lowest BCUT2D eigenvalue weighted by Gasteiger charge is -2.21. The van der Waals surface area contributed by atoms with Gasteiger partial charge in [-0.15, -0.1) is 0 Å². The molecule has 1 aliphatic carbocycles. The second kappa shape index (κ2) is 6.24. The Morgan fingerprint density at radius 2 is 2.14 bits per heavy atom. The molecule has 2 aromatic rings. The van der Waals surface area contributed by atoms with Gasteiger partial charge in [0.1, 0.15) is 5.76 Å². The van der Waals surface area contributed by atoms with Crippen LogP contribution in [0.2, 0.25) is 0 Å². The quantitative estimate of drug-likeness (QED) is 0.846. The Labute approximate surface area is 134 Å². The number of halogens is 1. The molecule has 4 heteroatoms. The van der Waals surface area contributed by atoms with E-state index in [2.05, 4.69) is 51.4 Å². The zero-order chi connectivity index (χ0) is 14.8. The van der Waals surface area contributed by atoms with Crippen molar-refractivity contribution in [3.63, 3.8) is 0 Å². The van der Waals surface area contributed by atoms with Crippen LogP contribution in [0, 0.1) is 6.92 Å². The summed E-state index contributed by atoms with van der Waals surface area (Å²) in [4.78, 5) is 2.24. The highest BCUT2D eigenvalue weighted by Crippen LogP contribution is 2.28. The summed E-state index contributed by atoms with van der Waals surface area (Å²) < 4.78 is 6.50. The Balaban J connectivity index is 1.67. The summed E-state index contributed by atoms with van der Waals surface area (Å²) in [6.07, 6.45) is 4.40. The van der Waals surface area contributed by atoms with Gasteiger partial charge in [0.05, 0.1) is 12.0 Å². The molecule has 3 nitrogen and oxygen atoms in total. The van der Waals surface area contributed by atoms with Crippen LogP contribution < -0.4 is 10.2 Å². The van der Waals surface area contributed by atoms with Crippen LogP contribution >= 0.6 is 15.9 Å². The Kier molecular flexibility index (Phi) is 4.36. The highest BCUT2D eigenvalue weighted by Gasteiger charge is 2.20. The summed E-state index contributed by atoms with van der Waals surface area (Å²) in [6.45, 7) is 3.81. The fourth-order valence-corrected chi connectivity index (χ4v) is 3.16. The third-order valence-corrected chi connectivity index (χ3v) is 4.60. The van der Waals surface area contributed by atoms with Gasteiger partial charge in [-0.3, -0.25) is 0 Å². The second-order valence-electron chi connectivity index (χ2n) is 5.80. The summed E-state index contributed by atoms with van der Waals surface area (Å²) in [5, 5.41) is 3.55. The lowest BCUT2D eigenvalue weighted by atomic mass is 10.1. The van der Waals surface area contributed by atoms with Crippen molar-refractivity contribution >= 4 is 21.6 Å². The van der Waals surface area contributed by atoms with Crippen molar-refractivity contribution in [3.8, 4) is 0 Å². The van der Waals surface area contributed by atoms with Crippen molar-refractivity contribution in [1.29, 1.82) is 0 Å². The van der Waals surface area contributed by atoms with Crippen LogP contribution in [0.15, 0.2) is 39.4 Å². The minimum atomic E-state index is 0.746. The Bertz CT molecular complexity index is 619. The lowest BCUT2D eigenvalue weighted by molar-refractivity contribution is 0.529. The van der Waals surface area contributed by atoms with E-state index in [-0.39, 0.29) is 0 Å². The van der Waals surface area contributed by atoms with Gasteiger partial charge in [-0.05, 0) is 59.5 Å². The molecule has 1 aliphatic rings. The van der Waals surface area contributed by atoms with Crippen molar-refractivity contribution < 1.29 is 4.42 Å². The SMILES string of the molecule is Cc1occc1CN(C)c1ccc(CNC2CC2)cc1Br. The van der Waals surface area contributed by atoms with Crippen molar-refractivity contribution in [3.05, 3.63) is 51.9 Å². The third-order valence-electron chi connectivity index (χ3n) is 3.97. The smallest absolute Gasteiger partial charge is 0.105 e. The molecule has 112 valence electrons. The zero-order valence-electron chi connectivity index (χ0n) is 12.5. The summed E-state index contributed by atoms with van der Waals surface area (Å²) in [6, 6.07) is 9.38. The first-order valence-corrected chi connectivity index (χ1v) is 8.18. The van der Waals surface area contributed by atoms with E-state index in [1.807, 2.05) is 13.0 Å². The molecule has 1 heterocycles. The predicted molar refractivity (Wildman–Crippen MR) is 89.6 cm³/mol. The molecule has 0 bridgehead atoms. The molecule has 0 spiro atoms. The largest absolute Gasteiger partial charge is 0.469 e. The molecule has 1 saturated carbocycles. The number of anilines is 1. The Morgan fingerprint density at radius 3 is 2.76 bits per heavy atom. The highest BCUT2D eigenvalue weighted by atomic mass is 79.9. The van der Waals surface area contributed by atoms with Gasteiger partial charge in [-0.2, -0.15) is 0 Å². The standard InChI is InChI=1S/C17H21BrN2O/c1-12-14(7-8-21-12)11-20(2)17-6-3-13(9-16(17)18)10-19-15-4-5-15/h3,6-9,15,19H,4-5,10-11H2,1-2H3. The first kappa shape index (κ1) is 14.7. The first-order chi connectivity index (χ1) is 10.1. The van der Waals surface area contributed by atoms with Gasteiger partial charge in [-0.1, -0.05) is 6.07 Å². The van der Waals surface area contributed by atoms with Gasteiger partial charge in [0.2, 0.25) is 0 Å².